The third-order valence-electron chi connectivity index (χ3n) is 5.03. The lowest BCUT2D eigenvalue weighted by molar-refractivity contribution is 0.0950. The lowest BCUT2D eigenvalue weighted by atomic mass is 10.1. The van der Waals surface area contributed by atoms with Crippen molar-refractivity contribution in [3.05, 3.63) is 107 Å². The molecule has 0 bridgehead atoms. The topological polar surface area (TPSA) is 88.6 Å². The van der Waals surface area contributed by atoms with Gasteiger partial charge in [-0.05, 0) is 66.2 Å². The van der Waals surface area contributed by atoms with Crippen LogP contribution >= 0.6 is 11.6 Å². The van der Waals surface area contributed by atoms with Gasteiger partial charge in [-0.25, -0.2) is 5.43 Å². The number of hydrogen-bond donors (Lipinski definition) is 2. The van der Waals surface area contributed by atoms with E-state index in [4.69, 9.17) is 21.1 Å². The van der Waals surface area contributed by atoms with E-state index in [9.17, 15) is 4.79 Å². The molecule has 2 N–H and O–H groups in total. The Morgan fingerprint density at radius 3 is 2.63 bits per heavy atom. The van der Waals surface area contributed by atoms with Gasteiger partial charge in [0.05, 0.1) is 12.8 Å². The van der Waals surface area contributed by atoms with Crippen LogP contribution in [-0.4, -0.2) is 29.4 Å². The predicted molar refractivity (Wildman–Crippen MR) is 138 cm³/mol. The zero-order valence-electron chi connectivity index (χ0n) is 18.9. The molecule has 0 atom stereocenters. The Balaban J connectivity index is 1.30. The van der Waals surface area contributed by atoms with E-state index in [-0.39, 0.29) is 0 Å². The van der Waals surface area contributed by atoms with Crippen LogP contribution < -0.4 is 14.9 Å². The Morgan fingerprint density at radius 2 is 1.86 bits per heavy atom. The zero-order chi connectivity index (χ0) is 24.5. The first-order chi connectivity index (χ1) is 17.1. The molecule has 4 rings (SSSR count). The van der Waals surface area contributed by atoms with E-state index in [1.54, 1.807) is 19.3 Å². The van der Waals surface area contributed by atoms with Crippen LogP contribution in [0.1, 0.15) is 21.6 Å². The Kier molecular flexibility index (Phi) is 7.93. The van der Waals surface area contributed by atoms with E-state index in [1.165, 1.54) is 6.21 Å². The van der Waals surface area contributed by atoms with Crippen molar-refractivity contribution in [3.8, 4) is 22.8 Å². The van der Waals surface area contributed by atoms with Gasteiger partial charge in [0.25, 0.3) is 5.91 Å². The molecule has 3 aromatic carbocycles. The van der Waals surface area contributed by atoms with Gasteiger partial charge in [0.1, 0.15) is 23.8 Å². The number of methoxy groups -OCH3 is 1. The number of aromatic nitrogens is 2. The van der Waals surface area contributed by atoms with E-state index >= 15 is 0 Å². The molecule has 0 aliphatic carbocycles. The highest BCUT2D eigenvalue weighted by Crippen LogP contribution is 2.22. The zero-order valence-corrected chi connectivity index (χ0v) is 19.7. The van der Waals surface area contributed by atoms with Crippen molar-refractivity contribution in [1.82, 2.24) is 15.6 Å². The minimum atomic E-state index is -0.395. The van der Waals surface area contributed by atoms with E-state index in [1.807, 2.05) is 78.9 Å². The summed E-state index contributed by atoms with van der Waals surface area (Å²) in [4.78, 5) is 12.3. The summed E-state index contributed by atoms with van der Waals surface area (Å²) in [7, 11) is 1.62. The van der Waals surface area contributed by atoms with Crippen LogP contribution in [0.4, 0.5) is 0 Å². The second kappa shape index (κ2) is 11.7. The molecule has 0 radical (unpaired) electrons. The summed E-state index contributed by atoms with van der Waals surface area (Å²) in [5.41, 5.74) is 6.20. The lowest BCUT2D eigenvalue weighted by Gasteiger charge is -2.07. The van der Waals surface area contributed by atoms with E-state index in [0.29, 0.717) is 23.0 Å². The minimum Gasteiger partial charge on any atom is -0.496 e. The fraction of sp³-hybridized carbons (Fsp3) is 0.0741. The average Bonchev–Trinajstić information content (AvgIpc) is 3.39. The molecule has 0 aliphatic heterocycles. The summed E-state index contributed by atoms with van der Waals surface area (Å²) in [6.07, 6.45) is 5.04. The van der Waals surface area contributed by atoms with Crippen LogP contribution in [0.25, 0.3) is 17.3 Å². The molecule has 8 heteroatoms. The van der Waals surface area contributed by atoms with Gasteiger partial charge in [-0.3, -0.25) is 9.89 Å². The van der Waals surface area contributed by atoms with Gasteiger partial charge in [0, 0.05) is 22.4 Å². The molecule has 1 aromatic heterocycles. The SMILES string of the molecule is COc1ccccc1C=CC=NNC(=O)c1cc(-c2ccc(OCc3ccc(Cl)cc3)cc2)n[nH]1. The summed E-state index contributed by atoms with van der Waals surface area (Å²) >= 11 is 5.91. The quantitative estimate of drug-likeness (QED) is 0.233. The maximum atomic E-state index is 12.3. The monoisotopic (exact) mass is 486 g/mol. The number of carbonyl (C=O) groups is 1. The smallest absolute Gasteiger partial charge is 0.289 e. The highest BCUT2D eigenvalue weighted by molar-refractivity contribution is 6.30. The summed E-state index contributed by atoms with van der Waals surface area (Å²) in [6.45, 7) is 0.442. The average molecular weight is 487 g/mol. The van der Waals surface area contributed by atoms with E-state index in [0.717, 1.165) is 28.2 Å². The minimum absolute atomic E-state index is 0.300. The Labute approximate surface area is 208 Å². The molecule has 0 unspecified atom stereocenters. The summed E-state index contributed by atoms with van der Waals surface area (Å²) < 4.78 is 11.1. The van der Waals surface area contributed by atoms with E-state index in [2.05, 4.69) is 20.7 Å². The lowest BCUT2D eigenvalue weighted by Crippen LogP contribution is -2.17. The Morgan fingerprint density at radius 1 is 1.09 bits per heavy atom. The molecule has 0 fully saturated rings. The molecular weight excluding hydrogens is 464 g/mol. The number of carbonyl (C=O) groups excluding carboxylic acids is 1. The summed E-state index contributed by atoms with van der Waals surface area (Å²) in [5, 5.41) is 11.6. The number of allylic oxidation sites excluding steroid dienone is 1. The van der Waals surface area contributed by atoms with Gasteiger partial charge in [-0.15, -0.1) is 0 Å². The molecule has 7 nitrogen and oxygen atoms in total. The Bertz CT molecular complexity index is 1330. The molecule has 1 heterocycles. The van der Waals surface area contributed by atoms with Crippen LogP contribution in [0.15, 0.2) is 90.0 Å². The second-order valence-corrected chi connectivity index (χ2v) is 7.86. The summed E-state index contributed by atoms with van der Waals surface area (Å²) in [5.74, 6) is 1.09. The Hall–Kier alpha value is -4.36. The van der Waals surface area contributed by atoms with Crippen LogP contribution in [0.3, 0.4) is 0 Å². The van der Waals surface area contributed by atoms with Crippen LogP contribution in [-0.2, 0) is 6.61 Å². The van der Waals surface area contributed by atoms with Crippen molar-refractivity contribution in [1.29, 1.82) is 0 Å². The van der Waals surface area contributed by atoms with Crippen LogP contribution in [0.5, 0.6) is 11.5 Å². The van der Waals surface area contributed by atoms with Gasteiger partial charge in [0.15, 0.2) is 0 Å². The number of halogens is 1. The third-order valence-corrected chi connectivity index (χ3v) is 5.28. The first-order valence-corrected chi connectivity index (χ1v) is 11.2. The third kappa shape index (κ3) is 6.59. The molecule has 0 aliphatic rings. The number of ether oxygens (including phenoxy) is 2. The first kappa shape index (κ1) is 23.8. The number of hydrogen-bond acceptors (Lipinski definition) is 5. The van der Waals surface area contributed by atoms with Gasteiger partial charge in [0.2, 0.25) is 0 Å². The number of hydrazone groups is 1. The number of para-hydroxylation sites is 1. The number of aromatic amines is 1. The predicted octanol–water partition coefficient (Wildman–Crippen LogP) is 5.75. The number of nitrogens with one attached hydrogen (secondary N) is 2. The van der Waals surface area contributed by atoms with Crippen molar-refractivity contribution in [2.24, 2.45) is 5.10 Å². The van der Waals surface area contributed by atoms with Gasteiger partial charge in [-0.1, -0.05) is 41.9 Å². The molecule has 176 valence electrons. The standard InChI is InChI=1S/C27H23ClN4O3/c1-34-26-7-3-2-5-21(26)6-4-16-29-32-27(33)25-17-24(30-31-25)20-10-14-23(15-11-20)35-18-19-8-12-22(28)13-9-19/h2-17H,18H2,1H3,(H,30,31)(H,32,33). The van der Waals surface area contributed by atoms with Crippen molar-refractivity contribution >= 4 is 29.8 Å². The number of nitrogens with zero attached hydrogens (tertiary/aromatic N) is 2. The largest absolute Gasteiger partial charge is 0.496 e. The first-order valence-electron chi connectivity index (χ1n) is 10.8. The normalized spacial score (nSPS) is 11.1. The van der Waals surface area contributed by atoms with Crippen LogP contribution in [0.2, 0.25) is 5.02 Å². The molecular formula is C27H23ClN4O3. The van der Waals surface area contributed by atoms with Gasteiger partial charge in [-0.2, -0.15) is 10.2 Å². The highest BCUT2D eigenvalue weighted by atomic mass is 35.5. The van der Waals surface area contributed by atoms with Gasteiger partial charge < -0.3 is 9.47 Å². The number of rotatable bonds is 9. The van der Waals surface area contributed by atoms with Crippen molar-refractivity contribution < 1.29 is 14.3 Å². The molecule has 0 saturated heterocycles. The van der Waals surface area contributed by atoms with Gasteiger partial charge >= 0.3 is 0 Å². The van der Waals surface area contributed by atoms with Crippen LogP contribution in [0, 0.1) is 0 Å². The highest BCUT2D eigenvalue weighted by Gasteiger charge is 2.10. The molecule has 0 saturated carbocycles. The molecule has 35 heavy (non-hydrogen) atoms. The van der Waals surface area contributed by atoms with Crippen molar-refractivity contribution in [2.45, 2.75) is 6.61 Å². The maximum absolute atomic E-state index is 12.3. The van der Waals surface area contributed by atoms with Crippen molar-refractivity contribution in [3.63, 3.8) is 0 Å². The van der Waals surface area contributed by atoms with Crippen molar-refractivity contribution in [2.75, 3.05) is 7.11 Å². The van der Waals surface area contributed by atoms with E-state index < -0.39 is 5.91 Å². The fourth-order valence-corrected chi connectivity index (χ4v) is 3.33. The fourth-order valence-electron chi connectivity index (χ4n) is 3.21. The number of amides is 1. The molecule has 4 aromatic rings. The molecule has 1 amide bonds. The summed E-state index contributed by atoms with van der Waals surface area (Å²) in [6, 6.07) is 24.3. The second-order valence-electron chi connectivity index (χ2n) is 7.43. The maximum Gasteiger partial charge on any atom is 0.289 e. The number of H-pyrrole nitrogens is 1. The molecule has 0 spiro atoms. The number of benzene rings is 3.